The minimum absolute atomic E-state index is 0. The van der Waals surface area contributed by atoms with Crippen molar-refractivity contribution in [2.75, 3.05) is 0 Å². The number of carboxylic acids is 1. The van der Waals surface area contributed by atoms with Crippen LogP contribution in [0, 0.1) is 0 Å². The molecule has 0 spiro atoms. The van der Waals surface area contributed by atoms with Crippen molar-refractivity contribution < 1.29 is 69.0 Å². The van der Waals surface area contributed by atoms with E-state index in [1.807, 2.05) is 0 Å². The molecule has 0 fully saturated rings. The van der Waals surface area contributed by atoms with Crippen LogP contribution in [0.25, 0.3) is 0 Å². The molecule has 0 rings (SSSR count). The summed E-state index contributed by atoms with van der Waals surface area (Å²) in [7, 11) is 0. The van der Waals surface area contributed by atoms with Gasteiger partial charge in [-0.25, -0.2) is 0 Å². The van der Waals surface area contributed by atoms with Gasteiger partial charge in [-0.3, -0.25) is 3.53 Å². The molecular weight excluding hydrogens is 233 g/mol. The summed E-state index contributed by atoms with van der Waals surface area (Å²) < 4.78 is 0.528. The Kier molecular flexibility index (Phi) is 40.3. The van der Waals surface area contributed by atoms with Gasteiger partial charge in [-0.15, -0.1) is 0 Å². The van der Waals surface area contributed by atoms with Crippen LogP contribution in [0.4, 0.5) is 0 Å². The topological polar surface area (TPSA) is 37.3 Å². The molecule has 2 nitrogen and oxygen atoms in total. The zero-order valence-corrected chi connectivity index (χ0v) is 15.2. The van der Waals surface area contributed by atoms with Gasteiger partial charge in [-0.05, 0) is 0 Å². The summed E-state index contributed by atoms with van der Waals surface area (Å²) in [6, 6.07) is 0. The first-order chi connectivity index (χ1) is 4.00. The minimum atomic E-state index is -0.684. The van der Waals surface area contributed by atoms with Gasteiger partial charge in [0.2, 0.25) is 0 Å². The average molecular weight is 236 g/mol. The third-order valence-electron chi connectivity index (χ3n) is 0.302. The van der Waals surface area contributed by atoms with Crippen molar-refractivity contribution in [2.45, 2.75) is 3.67 Å². The first-order valence-electron chi connectivity index (χ1n) is 2.10. The van der Waals surface area contributed by atoms with Crippen LogP contribution in [0.5, 0.6) is 0 Å². The summed E-state index contributed by atoms with van der Waals surface area (Å²) in [5.74, 6) is -0.684. The predicted octanol–water partition coefficient (Wildman–Crippen LogP) is -5.97. The van der Waals surface area contributed by atoms with Gasteiger partial charge in [-0.1, -0.05) is 0 Å². The molecule has 0 saturated carbocycles. The standard InChI is InChI=1S/C2H3O2.CH2S3.3Na/c1-2(3)4;2-1(3)4;;;/h1H2,(H,3,4);(H2,2,3,4);;;/q;;;2*+1/p-2. The van der Waals surface area contributed by atoms with Crippen LogP contribution in [-0.2, 0) is 30.1 Å². The predicted molar refractivity (Wildman–Crippen MR) is 45.5 cm³/mol. The van der Waals surface area contributed by atoms with Crippen molar-refractivity contribution >= 4 is 74.9 Å². The van der Waals surface area contributed by atoms with E-state index in [0.29, 0.717) is 3.67 Å². The summed E-state index contributed by atoms with van der Waals surface area (Å²) in [5, 5.41) is 7.76. The van der Waals surface area contributed by atoms with Crippen molar-refractivity contribution in [3.05, 3.63) is 0 Å². The van der Waals surface area contributed by atoms with Gasteiger partial charge in [0.25, 0.3) is 0 Å². The first kappa shape index (κ1) is 23.7. The maximum atomic E-state index is 9.40. The Morgan fingerprint density at radius 1 is 1.45 bits per heavy atom. The summed E-state index contributed by atoms with van der Waals surface area (Å²) >= 11 is 13.3. The molecule has 0 bridgehead atoms. The zero-order valence-electron chi connectivity index (χ0n) is 6.79. The van der Waals surface area contributed by atoms with Crippen molar-refractivity contribution in [1.29, 1.82) is 0 Å². The van der Waals surface area contributed by atoms with Gasteiger partial charge in [0, 0.05) is 0 Å². The Labute approximate surface area is 144 Å². The van der Waals surface area contributed by atoms with Crippen molar-refractivity contribution in [3.63, 3.8) is 0 Å². The first-order valence-corrected chi connectivity index (χ1v) is 4.74. The summed E-state index contributed by atoms with van der Waals surface area (Å²) in [4.78, 5) is 9.40. The Balaban J connectivity index is -0.0000000383. The maximum absolute atomic E-state index is 9.40. The van der Waals surface area contributed by atoms with E-state index in [-0.39, 0.29) is 62.6 Å². The summed E-state index contributed by atoms with van der Waals surface area (Å²) in [6.07, 6.45) is 0. The molecule has 8 heteroatoms. The van der Waals surface area contributed by atoms with Crippen LogP contribution in [0.3, 0.4) is 0 Å². The Bertz CT molecular complexity index is 106. The maximum Gasteiger partial charge on any atom is 1.00 e. The van der Waals surface area contributed by atoms with E-state index in [1.54, 1.807) is 0 Å². The third-order valence-corrected chi connectivity index (χ3v) is 0.907. The van der Waals surface area contributed by atoms with Crippen molar-refractivity contribution in [2.24, 2.45) is 0 Å². The Hall–Kier alpha value is 3.00. The monoisotopic (exact) mass is 236 g/mol. The average Bonchev–Trinajstić information content (AvgIpc) is 1.65. The molecule has 0 aliphatic rings. The molecular formula is C3H3Na3O2S3. The molecule has 0 heterocycles. The molecule has 0 aromatic rings. The normalized spacial score (nSPS) is 5.64. The van der Waals surface area contributed by atoms with Crippen LogP contribution in [0.2, 0.25) is 3.67 Å². The number of carboxylic acid groups (broad SMARTS) is 1. The summed E-state index contributed by atoms with van der Waals surface area (Å²) in [6.45, 7) is 0. The van der Waals surface area contributed by atoms with Crippen molar-refractivity contribution in [1.82, 2.24) is 0 Å². The minimum Gasteiger partial charge on any atom is -0.570 e. The number of hydrogen-bond acceptors (Lipinski definition) is 4. The number of carbonyl (C=O) groups is 1. The molecule has 0 radical (unpaired) electrons. The van der Waals surface area contributed by atoms with Crippen LogP contribution in [-0.4, -0.2) is 42.5 Å². The molecule has 11 heavy (non-hydrogen) atoms. The quantitative estimate of drug-likeness (QED) is 0.279. The van der Waals surface area contributed by atoms with E-state index < -0.39 is 5.97 Å². The SMILES string of the molecule is O=C(O)[CH2][Na].S=C([S-])[S-].[Na+].[Na+]. The fourth-order valence-corrected chi connectivity index (χ4v) is 0. The van der Waals surface area contributed by atoms with E-state index in [9.17, 15) is 4.79 Å². The third kappa shape index (κ3) is 62.9. The second-order valence-corrected chi connectivity index (χ2v) is 3.70. The van der Waals surface area contributed by atoms with E-state index >= 15 is 0 Å². The van der Waals surface area contributed by atoms with E-state index in [2.05, 4.69) is 37.5 Å². The zero-order chi connectivity index (χ0) is 7.86. The molecule has 48 valence electrons. The fraction of sp³-hybridized carbons (Fsp3) is 0.333. The second-order valence-electron chi connectivity index (χ2n) is 0.997. The smallest absolute Gasteiger partial charge is 0.570 e. The molecule has 0 atom stereocenters. The van der Waals surface area contributed by atoms with Gasteiger partial charge >= 0.3 is 107 Å². The molecule has 0 unspecified atom stereocenters. The molecule has 1 N–H and O–H groups in total. The Morgan fingerprint density at radius 3 is 1.55 bits per heavy atom. The van der Waals surface area contributed by atoms with Gasteiger partial charge in [0.05, 0.1) is 0 Å². The van der Waals surface area contributed by atoms with E-state index in [4.69, 9.17) is 5.11 Å². The van der Waals surface area contributed by atoms with Gasteiger partial charge < -0.3 is 37.5 Å². The molecule has 0 aliphatic heterocycles. The molecule has 0 aliphatic carbocycles. The van der Waals surface area contributed by atoms with Crippen molar-refractivity contribution in [3.8, 4) is 0 Å². The largest absolute Gasteiger partial charge is 1.00 e. The van der Waals surface area contributed by atoms with Crippen LogP contribution < -0.4 is 59.1 Å². The van der Waals surface area contributed by atoms with E-state index in [0.717, 1.165) is 27.9 Å². The number of hydrogen-bond donors (Lipinski definition) is 1. The molecule has 0 amide bonds. The second kappa shape index (κ2) is 18.7. The number of thiocarbonyl (C=S) groups is 1. The fourth-order valence-electron chi connectivity index (χ4n) is 0. The number of rotatable bonds is 1. The molecule has 0 saturated heterocycles. The van der Waals surface area contributed by atoms with Crippen LogP contribution in [0.15, 0.2) is 0 Å². The van der Waals surface area contributed by atoms with Gasteiger partial charge in [0.15, 0.2) is 0 Å². The molecule has 0 aromatic carbocycles. The van der Waals surface area contributed by atoms with Gasteiger partial charge in [-0.2, -0.15) is 0 Å². The van der Waals surface area contributed by atoms with Gasteiger partial charge in [0.1, 0.15) is 0 Å². The van der Waals surface area contributed by atoms with Crippen LogP contribution >= 0.6 is 12.2 Å². The Morgan fingerprint density at radius 2 is 1.55 bits per heavy atom. The molecule has 0 aromatic heterocycles. The summed E-state index contributed by atoms with van der Waals surface area (Å²) in [5.41, 5.74) is 0. The van der Waals surface area contributed by atoms with E-state index in [1.165, 1.54) is 0 Å². The van der Waals surface area contributed by atoms with Crippen LogP contribution in [0.1, 0.15) is 0 Å². The number of aliphatic carboxylic acids is 1.